The van der Waals surface area contributed by atoms with Gasteiger partial charge in [0.15, 0.2) is 23.3 Å². The van der Waals surface area contributed by atoms with Gasteiger partial charge < -0.3 is 24.7 Å². The second-order valence-corrected chi connectivity index (χ2v) is 7.38. The fraction of sp³-hybridized carbons (Fsp3) is 0.571. The van der Waals surface area contributed by atoms with Gasteiger partial charge in [0.05, 0.1) is 14.2 Å². The lowest BCUT2D eigenvalue weighted by Crippen LogP contribution is -2.43. The van der Waals surface area contributed by atoms with Crippen LogP contribution in [0, 0.1) is 6.92 Å². The van der Waals surface area contributed by atoms with E-state index in [0.717, 1.165) is 42.1 Å². The molecule has 0 radical (unpaired) electrons. The molecule has 0 unspecified atom stereocenters. The van der Waals surface area contributed by atoms with Crippen molar-refractivity contribution in [1.82, 2.24) is 25.4 Å². The number of rotatable bonds is 8. The highest BCUT2D eigenvalue weighted by atomic mass is 16.5. The van der Waals surface area contributed by atoms with Crippen molar-refractivity contribution in [1.29, 1.82) is 0 Å². The Morgan fingerprint density at radius 2 is 1.93 bits per heavy atom. The summed E-state index contributed by atoms with van der Waals surface area (Å²) in [7, 11) is 5.27. The summed E-state index contributed by atoms with van der Waals surface area (Å²) >= 11 is 0. The fourth-order valence-corrected chi connectivity index (χ4v) is 3.52. The summed E-state index contributed by atoms with van der Waals surface area (Å²) in [6.07, 6.45) is 5.80. The second kappa shape index (κ2) is 10.1. The molecule has 158 valence electrons. The lowest BCUT2D eigenvalue weighted by molar-refractivity contribution is 0.354. The molecule has 1 aliphatic rings. The highest BCUT2D eigenvalue weighted by Crippen LogP contribution is 2.27. The van der Waals surface area contributed by atoms with Gasteiger partial charge in [0.2, 0.25) is 0 Å². The number of hydrogen-bond acceptors (Lipinski definition) is 5. The molecule has 3 rings (SSSR count). The van der Waals surface area contributed by atoms with Crippen LogP contribution in [0.4, 0.5) is 0 Å². The number of methoxy groups -OCH3 is 2. The number of nitrogens with one attached hydrogen (secondary N) is 2. The van der Waals surface area contributed by atoms with Gasteiger partial charge in [0, 0.05) is 19.6 Å². The highest BCUT2D eigenvalue weighted by Gasteiger charge is 2.16. The topological polar surface area (TPSA) is 85.6 Å². The van der Waals surface area contributed by atoms with E-state index in [1.165, 1.54) is 31.2 Å². The van der Waals surface area contributed by atoms with Gasteiger partial charge in [-0.05, 0) is 43.9 Å². The number of hydrogen-bond donors (Lipinski definition) is 2. The van der Waals surface area contributed by atoms with Gasteiger partial charge in [0.1, 0.15) is 12.4 Å². The zero-order valence-electron chi connectivity index (χ0n) is 17.9. The first-order valence-electron chi connectivity index (χ1n) is 10.2. The van der Waals surface area contributed by atoms with Crippen LogP contribution in [0.15, 0.2) is 23.2 Å². The van der Waals surface area contributed by atoms with Crippen molar-refractivity contribution in [2.75, 3.05) is 20.8 Å². The molecule has 1 saturated carbocycles. The summed E-state index contributed by atoms with van der Waals surface area (Å²) in [6, 6.07) is 6.51. The average molecular weight is 401 g/mol. The summed E-state index contributed by atoms with van der Waals surface area (Å²) in [5.41, 5.74) is 1.18. The van der Waals surface area contributed by atoms with Crippen LogP contribution in [-0.2, 0) is 20.0 Å². The molecule has 1 aliphatic carbocycles. The number of guanidine groups is 1. The molecular formula is C21H32N6O2. The summed E-state index contributed by atoms with van der Waals surface area (Å²) in [5, 5.41) is 15.4. The Morgan fingerprint density at radius 1 is 1.17 bits per heavy atom. The van der Waals surface area contributed by atoms with E-state index in [1.54, 1.807) is 14.2 Å². The minimum Gasteiger partial charge on any atom is -0.493 e. The minimum absolute atomic E-state index is 0.489. The van der Waals surface area contributed by atoms with Crippen LogP contribution in [0.1, 0.15) is 42.9 Å². The first-order chi connectivity index (χ1) is 14.1. The third-order valence-corrected chi connectivity index (χ3v) is 5.41. The molecule has 29 heavy (non-hydrogen) atoms. The molecular weight excluding hydrogens is 368 g/mol. The smallest absolute Gasteiger partial charge is 0.191 e. The van der Waals surface area contributed by atoms with Crippen LogP contribution in [0.3, 0.4) is 0 Å². The van der Waals surface area contributed by atoms with E-state index in [1.807, 2.05) is 30.7 Å². The van der Waals surface area contributed by atoms with E-state index in [0.29, 0.717) is 12.6 Å². The van der Waals surface area contributed by atoms with E-state index < -0.39 is 0 Å². The summed E-state index contributed by atoms with van der Waals surface area (Å²) in [4.78, 5) is 4.75. The summed E-state index contributed by atoms with van der Waals surface area (Å²) in [6.45, 7) is 3.21. The Labute approximate surface area is 172 Å². The minimum atomic E-state index is 0.489. The van der Waals surface area contributed by atoms with E-state index in [4.69, 9.17) is 14.5 Å². The summed E-state index contributed by atoms with van der Waals surface area (Å²) in [5.74, 6) is 4.07. The third kappa shape index (κ3) is 5.62. The molecule has 8 nitrogen and oxygen atoms in total. The fourth-order valence-electron chi connectivity index (χ4n) is 3.52. The Kier molecular flexibility index (Phi) is 7.32. The molecule has 2 N–H and O–H groups in total. The number of nitrogens with zero attached hydrogens (tertiary/aromatic N) is 4. The van der Waals surface area contributed by atoms with Gasteiger partial charge in [-0.15, -0.1) is 10.2 Å². The van der Waals surface area contributed by atoms with E-state index in [2.05, 4.69) is 26.9 Å². The normalized spacial score (nSPS) is 14.8. The van der Waals surface area contributed by atoms with Crippen molar-refractivity contribution in [3.63, 3.8) is 0 Å². The lowest BCUT2D eigenvalue weighted by Gasteiger charge is -2.17. The maximum Gasteiger partial charge on any atom is 0.191 e. The van der Waals surface area contributed by atoms with Crippen molar-refractivity contribution >= 4 is 5.96 Å². The van der Waals surface area contributed by atoms with E-state index in [-0.39, 0.29) is 0 Å². The number of aromatic nitrogens is 3. The van der Waals surface area contributed by atoms with E-state index in [9.17, 15) is 0 Å². The molecule has 1 aromatic carbocycles. The van der Waals surface area contributed by atoms with Crippen molar-refractivity contribution in [2.45, 2.75) is 51.6 Å². The number of benzene rings is 1. The molecule has 0 bridgehead atoms. The third-order valence-electron chi connectivity index (χ3n) is 5.41. The first kappa shape index (κ1) is 21.0. The van der Waals surface area contributed by atoms with Gasteiger partial charge in [-0.2, -0.15) is 0 Å². The van der Waals surface area contributed by atoms with Crippen LogP contribution in [0.25, 0.3) is 0 Å². The predicted molar refractivity (Wildman–Crippen MR) is 114 cm³/mol. The predicted octanol–water partition coefficient (Wildman–Crippen LogP) is 2.36. The monoisotopic (exact) mass is 400 g/mol. The number of ether oxygens (including phenoxy) is 2. The van der Waals surface area contributed by atoms with Crippen LogP contribution < -0.4 is 20.1 Å². The number of aliphatic imine (C=N–C) groups is 1. The molecule has 0 atom stereocenters. The molecule has 1 aromatic heterocycles. The maximum absolute atomic E-state index is 5.40. The average Bonchev–Trinajstić information content (AvgIpc) is 3.36. The Hall–Kier alpha value is -2.77. The van der Waals surface area contributed by atoms with E-state index >= 15 is 0 Å². The molecule has 1 heterocycles. The first-order valence-corrected chi connectivity index (χ1v) is 10.2. The Balaban J connectivity index is 1.61. The Morgan fingerprint density at radius 3 is 2.59 bits per heavy atom. The molecule has 0 saturated heterocycles. The quantitative estimate of drug-likeness (QED) is 0.523. The van der Waals surface area contributed by atoms with Crippen molar-refractivity contribution < 1.29 is 9.47 Å². The van der Waals surface area contributed by atoms with Crippen molar-refractivity contribution in [3.8, 4) is 11.5 Å². The second-order valence-electron chi connectivity index (χ2n) is 7.38. The van der Waals surface area contributed by atoms with Crippen LogP contribution in [-0.4, -0.2) is 47.5 Å². The molecule has 8 heteroatoms. The van der Waals surface area contributed by atoms with Crippen molar-refractivity contribution in [2.24, 2.45) is 12.0 Å². The van der Waals surface area contributed by atoms with Crippen LogP contribution >= 0.6 is 0 Å². The Bertz CT molecular complexity index is 827. The van der Waals surface area contributed by atoms with Crippen LogP contribution in [0.2, 0.25) is 0 Å². The van der Waals surface area contributed by atoms with Crippen LogP contribution in [0.5, 0.6) is 11.5 Å². The largest absolute Gasteiger partial charge is 0.493 e. The summed E-state index contributed by atoms with van der Waals surface area (Å²) < 4.78 is 12.7. The molecule has 1 fully saturated rings. The van der Waals surface area contributed by atoms with Crippen molar-refractivity contribution in [3.05, 3.63) is 35.4 Å². The SMILES string of the molecule is COc1ccc(CCNC(=NCc2nnc(C)n2C)NC2CCCC2)cc1OC. The standard InChI is InChI=1S/C21H32N6O2/c1-15-25-26-20(27(15)2)14-23-21(24-17-7-5-6-8-17)22-12-11-16-9-10-18(28-3)19(13-16)29-4/h9-10,13,17H,5-8,11-12,14H2,1-4H3,(H2,22,23,24). The van der Waals surface area contributed by atoms with Gasteiger partial charge in [0.25, 0.3) is 0 Å². The van der Waals surface area contributed by atoms with Gasteiger partial charge in [-0.25, -0.2) is 4.99 Å². The van der Waals surface area contributed by atoms with Gasteiger partial charge in [-0.1, -0.05) is 18.9 Å². The molecule has 0 spiro atoms. The highest BCUT2D eigenvalue weighted by molar-refractivity contribution is 5.80. The van der Waals surface area contributed by atoms with Gasteiger partial charge in [-0.3, -0.25) is 0 Å². The molecule has 0 amide bonds. The molecule has 2 aromatic rings. The zero-order valence-corrected chi connectivity index (χ0v) is 17.9. The maximum atomic E-state index is 5.40. The van der Waals surface area contributed by atoms with Gasteiger partial charge >= 0.3 is 0 Å². The lowest BCUT2D eigenvalue weighted by atomic mass is 10.1. The number of aryl methyl sites for hydroxylation is 1. The molecule has 0 aliphatic heterocycles. The zero-order chi connectivity index (χ0) is 20.6.